The van der Waals surface area contributed by atoms with E-state index in [0.717, 1.165) is 51.4 Å². The molecule has 12 unspecified atom stereocenters. The lowest BCUT2D eigenvalue weighted by Gasteiger charge is -2.73. The molecule has 12 atom stereocenters. The minimum Gasteiger partial charge on any atom is -0.462 e. The van der Waals surface area contributed by atoms with Crippen LogP contribution in [0.4, 0.5) is 0 Å². The molecule has 4 nitrogen and oxygen atoms in total. The van der Waals surface area contributed by atoms with E-state index < -0.39 is 0 Å². The normalized spacial score (nSPS) is 59.8. The Bertz CT molecular complexity index is 883. The number of aliphatic hydroxyl groups excluding tert-OH is 2. The van der Waals surface area contributed by atoms with Crippen LogP contribution in [0.3, 0.4) is 0 Å². The lowest BCUT2D eigenvalue weighted by atomic mass is 9.31. The zero-order valence-corrected chi connectivity index (χ0v) is 22.4. The van der Waals surface area contributed by atoms with Crippen molar-refractivity contribution in [1.29, 1.82) is 0 Å². The van der Waals surface area contributed by atoms with Crippen molar-refractivity contribution >= 4 is 5.97 Å². The predicted octanol–water partition coefficient (Wildman–Crippen LogP) is 5.59. The Balaban J connectivity index is 1.43. The molecule has 0 aromatic carbocycles. The van der Waals surface area contributed by atoms with Gasteiger partial charge in [-0.1, -0.05) is 41.5 Å². The molecule has 6 aliphatic rings. The summed E-state index contributed by atoms with van der Waals surface area (Å²) in [4.78, 5) is 13.4. The second-order valence-corrected chi connectivity index (χ2v) is 15.0. The van der Waals surface area contributed by atoms with E-state index in [0.29, 0.717) is 35.5 Å². The van der Waals surface area contributed by atoms with Crippen LogP contribution in [0, 0.1) is 62.6 Å². The van der Waals surface area contributed by atoms with Crippen molar-refractivity contribution < 1.29 is 19.7 Å². The lowest BCUT2D eigenvalue weighted by molar-refractivity contribution is -0.267. The predicted molar refractivity (Wildman–Crippen MR) is 132 cm³/mol. The van der Waals surface area contributed by atoms with Crippen LogP contribution in [0.5, 0.6) is 0 Å². The molecule has 2 N–H and O–H groups in total. The molecular weight excluding hydrogens is 424 g/mol. The van der Waals surface area contributed by atoms with Gasteiger partial charge in [0.25, 0.3) is 0 Å². The average Bonchev–Trinajstić information content (AvgIpc) is 3.08. The van der Waals surface area contributed by atoms with Crippen molar-refractivity contribution in [3.05, 3.63) is 0 Å². The third kappa shape index (κ3) is 2.47. The molecular formula is C30H48O4. The maximum absolute atomic E-state index is 13.4. The first kappa shape index (κ1) is 23.8. The summed E-state index contributed by atoms with van der Waals surface area (Å²) < 4.78 is 6.00. The molecule has 6 fully saturated rings. The van der Waals surface area contributed by atoms with E-state index in [9.17, 15) is 15.0 Å². The topological polar surface area (TPSA) is 66.8 Å². The Labute approximate surface area is 206 Å². The summed E-state index contributed by atoms with van der Waals surface area (Å²) in [6.07, 6.45) is 9.28. The van der Waals surface area contributed by atoms with Crippen molar-refractivity contribution in [2.75, 3.05) is 6.61 Å². The van der Waals surface area contributed by atoms with Crippen molar-refractivity contribution in [1.82, 2.24) is 0 Å². The number of aliphatic hydroxyl groups is 2. The minimum absolute atomic E-state index is 0.0515. The number of esters is 1. The molecule has 1 spiro atoms. The molecule has 0 aromatic heterocycles. The van der Waals surface area contributed by atoms with E-state index in [4.69, 9.17) is 4.74 Å². The Morgan fingerprint density at radius 3 is 2.35 bits per heavy atom. The summed E-state index contributed by atoms with van der Waals surface area (Å²) in [7, 11) is 0. The van der Waals surface area contributed by atoms with Gasteiger partial charge in [0.1, 0.15) is 6.10 Å². The first-order valence-corrected chi connectivity index (χ1v) is 14.4. The van der Waals surface area contributed by atoms with Gasteiger partial charge in [-0.25, -0.2) is 0 Å². The van der Waals surface area contributed by atoms with E-state index in [1.807, 2.05) is 0 Å². The summed E-state index contributed by atoms with van der Waals surface area (Å²) in [5, 5.41) is 22.2. The van der Waals surface area contributed by atoms with Crippen LogP contribution < -0.4 is 0 Å². The number of fused-ring (bicyclic) bond motifs is 7. The van der Waals surface area contributed by atoms with Gasteiger partial charge in [0, 0.05) is 18.4 Å². The molecule has 5 aliphatic carbocycles. The van der Waals surface area contributed by atoms with Gasteiger partial charge in [0.15, 0.2) is 0 Å². The van der Waals surface area contributed by atoms with Gasteiger partial charge in [-0.15, -0.1) is 0 Å². The lowest BCUT2D eigenvalue weighted by Crippen LogP contribution is -2.69. The monoisotopic (exact) mass is 472 g/mol. The number of carbonyl (C=O) groups excluding carboxylic acids is 1. The minimum atomic E-state index is -0.304. The molecule has 0 aromatic rings. The van der Waals surface area contributed by atoms with Crippen LogP contribution in [0.2, 0.25) is 0 Å². The molecule has 2 bridgehead atoms. The van der Waals surface area contributed by atoms with E-state index in [1.165, 1.54) is 6.42 Å². The van der Waals surface area contributed by atoms with Gasteiger partial charge < -0.3 is 14.9 Å². The summed E-state index contributed by atoms with van der Waals surface area (Å²) in [6, 6.07) is 0. The SMILES string of the molecule is CC1C2CC3(CCC4(CO)C(CCC5C6(C)CCC(O)C(C)(C)C6CCC54C)C3C1C)C(=O)O2. The first-order chi connectivity index (χ1) is 15.9. The third-order valence-electron chi connectivity index (χ3n) is 14.2. The highest BCUT2D eigenvalue weighted by Gasteiger charge is 2.74. The van der Waals surface area contributed by atoms with Gasteiger partial charge in [-0.3, -0.25) is 4.79 Å². The summed E-state index contributed by atoms with van der Waals surface area (Å²) in [6.45, 7) is 14.6. The van der Waals surface area contributed by atoms with Crippen molar-refractivity contribution in [3.63, 3.8) is 0 Å². The third-order valence-corrected chi connectivity index (χ3v) is 14.2. The fourth-order valence-electron chi connectivity index (χ4n) is 12.2. The standard InChI is InChI=1S/C30H48O4/c1-17-18(2)24-19-7-8-22-27(5)11-10-23(32)26(3,4)21(27)9-12-28(22,6)30(19,16-31)14-13-29(24)15-20(17)34-25(29)33/h17-24,31-32H,7-16H2,1-6H3. The van der Waals surface area contributed by atoms with Crippen LogP contribution in [0.15, 0.2) is 0 Å². The van der Waals surface area contributed by atoms with E-state index in [1.54, 1.807) is 0 Å². The summed E-state index contributed by atoms with van der Waals surface area (Å²) >= 11 is 0. The second-order valence-electron chi connectivity index (χ2n) is 15.0. The van der Waals surface area contributed by atoms with Crippen molar-refractivity contribution in [2.24, 2.45) is 62.6 Å². The molecule has 192 valence electrons. The fourth-order valence-corrected chi connectivity index (χ4v) is 12.2. The highest BCUT2D eigenvalue weighted by molar-refractivity contribution is 5.80. The maximum Gasteiger partial charge on any atom is 0.312 e. The maximum atomic E-state index is 13.4. The quantitative estimate of drug-likeness (QED) is 0.488. The van der Waals surface area contributed by atoms with Crippen LogP contribution >= 0.6 is 0 Å². The Morgan fingerprint density at radius 2 is 1.65 bits per heavy atom. The molecule has 1 aliphatic heterocycles. The largest absolute Gasteiger partial charge is 0.462 e. The Morgan fingerprint density at radius 1 is 0.912 bits per heavy atom. The molecule has 34 heavy (non-hydrogen) atoms. The summed E-state index contributed by atoms with van der Waals surface area (Å²) in [5.74, 6) is 2.78. The number of rotatable bonds is 1. The highest BCUT2D eigenvalue weighted by Crippen LogP contribution is 2.77. The Kier molecular flexibility index (Phi) is 4.91. The average molecular weight is 473 g/mol. The smallest absolute Gasteiger partial charge is 0.312 e. The Hall–Kier alpha value is -0.610. The molecule has 4 heteroatoms. The zero-order valence-electron chi connectivity index (χ0n) is 22.4. The second kappa shape index (κ2) is 7.03. The van der Waals surface area contributed by atoms with E-state index >= 15 is 0 Å². The van der Waals surface area contributed by atoms with Crippen LogP contribution in [-0.4, -0.2) is 35.0 Å². The molecule has 1 saturated heterocycles. The molecule has 0 radical (unpaired) electrons. The van der Waals surface area contributed by atoms with Gasteiger partial charge in [-0.05, 0) is 103 Å². The van der Waals surface area contributed by atoms with Crippen LogP contribution in [-0.2, 0) is 9.53 Å². The highest BCUT2D eigenvalue weighted by atomic mass is 16.6. The first-order valence-electron chi connectivity index (χ1n) is 14.4. The van der Waals surface area contributed by atoms with E-state index in [2.05, 4.69) is 41.5 Å². The van der Waals surface area contributed by atoms with Crippen LogP contribution in [0.25, 0.3) is 0 Å². The molecule has 5 saturated carbocycles. The molecule has 0 amide bonds. The van der Waals surface area contributed by atoms with Crippen molar-refractivity contribution in [2.45, 2.75) is 112 Å². The molecule has 6 rings (SSSR count). The number of hydrogen-bond acceptors (Lipinski definition) is 4. The number of carbonyl (C=O) groups is 1. The fraction of sp³-hybridized carbons (Fsp3) is 0.967. The van der Waals surface area contributed by atoms with Gasteiger partial charge in [0.2, 0.25) is 0 Å². The van der Waals surface area contributed by atoms with Crippen LogP contribution in [0.1, 0.15) is 99.3 Å². The van der Waals surface area contributed by atoms with Crippen molar-refractivity contribution in [3.8, 4) is 0 Å². The van der Waals surface area contributed by atoms with Gasteiger partial charge in [0.05, 0.1) is 11.5 Å². The van der Waals surface area contributed by atoms with Gasteiger partial charge in [-0.2, -0.15) is 0 Å². The number of ether oxygens (including phenoxy) is 1. The van der Waals surface area contributed by atoms with E-state index in [-0.39, 0.29) is 51.9 Å². The molecule has 1 heterocycles. The number of hydrogen-bond donors (Lipinski definition) is 2. The zero-order chi connectivity index (χ0) is 24.5. The van der Waals surface area contributed by atoms with Gasteiger partial charge >= 0.3 is 5.97 Å². The summed E-state index contributed by atoms with van der Waals surface area (Å²) in [5.41, 5.74) is -0.173.